The third-order valence-corrected chi connectivity index (χ3v) is 3.22. The Balaban J connectivity index is 2.09. The number of nitrogens with zero attached hydrogens (tertiary/aromatic N) is 1. The Bertz CT molecular complexity index is 283. The van der Waals surface area contributed by atoms with Crippen molar-refractivity contribution in [2.75, 3.05) is 11.9 Å². The Kier molecular flexibility index (Phi) is 2.76. The molecule has 14 heavy (non-hydrogen) atoms. The quantitative estimate of drug-likeness (QED) is 0.688. The van der Waals surface area contributed by atoms with Crippen LogP contribution in [0.3, 0.4) is 0 Å². The smallest absolute Gasteiger partial charge is 0.0366 e. The fourth-order valence-corrected chi connectivity index (χ4v) is 2.23. The van der Waals surface area contributed by atoms with E-state index in [4.69, 9.17) is 0 Å². The summed E-state index contributed by atoms with van der Waals surface area (Å²) >= 11 is 0. The predicted octanol–water partition coefficient (Wildman–Crippen LogP) is 3.25. The monoisotopic (exact) mass is 188 g/mol. The molecule has 1 aromatic carbocycles. The molecule has 0 aliphatic heterocycles. The van der Waals surface area contributed by atoms with Crippen LogP contribution in [0.15, 0.2) is 24.3 Å². The molecule has 0 saturated heterocycles. The highest BCUT2D eigenvalue weighted by atomic mass is 15.1. The molecule has 0 unspecified atom stereocenters. The molecule has 1 nitrogen and oxygen atoms in total. The first kappa shape index (κ1) is 9.57. The second-order valence-corrected chi connectivity index (χ2v) is 4.22. The van der Waals surface area contributed by atoms with E-state index < -0.39 is 0 Å². The maximum atomic E-state index is 3.90. The van der Waals surface area contributed by atoms with Crippen LogP contribution in [0.25, 0.3) is 0 Å². The molecule has 1 aliphatic rings. The van der Waals surface area contributed by atoms with Gasteiger partial charge < -0.3 is 4.90 Å². The van der Waals surface area contributed by atoms with Crippen LogP contribution < -0.4 is 4.90 Å². The van der Waals surface area contributed by atoms with Crippen molar-refractivity contribution in [2.24, 2.45) is 0 Å². The molecule has 0 N–H and O–H groups in total. The highest BCUT2D eigenvalue weighted by Crippen LogP contribution is 2.26. The van der Waals surface area contributed by atoms with Crippen LogP contribution in [-0.4, -0.2) is 13.1 Å². The topological polar surface area (TPSA) is 3.24 Å². The summed E-state index contributed by atoms with van der Waals surface area (Å²) in [5.41, 5.74) is 2.41. The van der Waals surface area contributed by atoms with Crippen molar-refractivity contribution in [3.63, 3.8) is 0 Å². The lowest BCUT2D eigenvalue weighted by Gasteiger charge is -2.26. The van der Waals surface area contributed by atoms with Gasteiger partial charge in [-0.25, -0.2) is 0 Å². The van der Waals surface area contributed by atoms with Gasteiger partial charge in [-0.15, -0.1) is 0 Å². The van der Waals surface area contributed by atoms with Gasteiger partial charge in [0.25, 0.3) is 0 Å². The van der Waals surface area contributed by atoms with Gasteiger partial charge in [0.1, 0.15) is 0 Å². The van der Waals surface area contributed by atoms with Gasteiger partial charge in [-0.3, -0.25) is 0 Å². The highest BCUT2D eigenvalue weighted by Gasteiger charge is 2.19. The number of anilines is 1. The van der Waals surface area contributed by atoms with E-state index in [0.717, 1.165) is 11.6 Å². The lowest BCUT2D eigenvalue weighted by molar-refractivity contribution is 0.653. The summed E-state index contributed by atoms with van der Waals surface area (Å²) in [6, 6.07) is 9.26. The molecule has 1 heteroatoms. The van der Waals surface area contributed by atoms with E-state index in [1.54, 1.807) is 0 Å². The number of hydrogen-bond donors (Lipinski definition) is 0. The van der Waals surface area contributed by atoms with Gasteiger partial charge in [0, 0.05) is 18.8 Å². The van der Waals surface area contributed by atoms with Crippen molar-refractivity contribution in [3.05, 3.63) is 36.8 Å². The van der Waals surface area contributed by atoms with Crippen molar-refractivity contribution in [3.8, 4) is 0 Å². The fourth-order valence-electron chi connectivity index (χ4n) is 2.23. The predicted molar refractivity (Wildman–Crippen MR) is 61.6 cm³/mol. The molecule has 0 aromatic heterocycles. The maximum Gasteiger partial charge on any atom is 0.0366 e. The van der Waals surface area contributed by atoms with Gasteiger partial charge in [-0.1, -0.05) is 25.0 Å². The molecule has 0 spiro atoms. The molecule has 1 saturated carbocycles. The highest BCUT2D eigenvalue weighted by molar-refractivity contribution is 5.48. The number of rotatable bonds is 2. The molecular formula is C13H18N. The Hall–Kier alpha value is -0.980. The molecule has 75 valence electrons. The third kappa shape index (κ3) is 1.92. The van der Waals surface area contributed by atoms with E-state index in [9.17, 15) is 0 Å². The average molecular weight is 188 g/mol. The molecule has 0 atom stereocenters. The Morgan fingerprint density at radius 1 is 1.14 bits per heavy atom. The first-order valence-electron chi connectivity index (χ1n) is 5.42. The zero-order valence-electron chi connectivity index (χ0n) is 8.87. The molecule has 0 amide bonds. The zero-order valence-corrected chi connectivity index (χ0v) is 8.87. The molecule has 1 aromatic rings. The molecule has 1 radical (unpaired) electrons. The minimum atomic E-state index is 0.755. The van der Waals surface area contributed by atoms with Crippen LogP contribution in [0.5, 0.6) is 0 Å². The minimum Gasteiger partial charge on any atom is -0.372 e. The van der Waals surface area contributed by atoms with Gasteiger partial charge in [0.05, 0.1) is 0 Å². The molecule has 1 fully saturated rings. The van der Waals surface area contributed by atoms with Gasteiger partial charge in [-0.05, 0) is 37.5 Å². The van der Waals surface area contributed by atoms with Gasteiger partial charge in [0.15, 0.2) is 0 Å². The first-order valence-corrected chi connectivity index (χ1v) is 5.42. The average Bonchev–Trinajstić information content (AvgIpc) is 2.71. The SMILES string of the molecule is [CH2]c1ccc(N(C)C2CCCC2)cc1. The number of benzene rings is 1. The van der Waals surface area contributed by atoms with Crippen LogP contribution in [0, 0.1) is 6.92 Å². The van der Waals surface area contributed by atoms with Crippen LogP contribution >= 0.6 is 0 Å². The van der Waals surface area contributed by atoms with Crippen molar-refractivity contribution in [1.29, 1.82) is 0 Å². The van der Waals surface area contributed by atoms with Crippen LogP contribution in [0.1, 0.15) is 31.2 Å². The first-order chi connectivity index (χ1) is 6.77. The van der Waals surface area contributed by atoms with Crippen molar-refractivity contribution in [2.45, 2.75) is 31.7 Å². The second-order valence-electron chi connectivity index (χ2n) is 4.22. The van der Waals surface area contributed by atoms with Crippen LogP contribution in [0.4, 0.5) is 5.69 Å². The normalized spacial score (nSPS) is 17.3. The van der Waals surface area contributed by atoms with Crippen molar-refractivity contribution in [1.82, 2.24) is 0 Å². The summed E-state index contributed by atoms with van der Waals surface area (Å²) in [5, 5.41) is 0. The Morgan fingerprint density at radius 3 is 2.29 bits per heavy atom. The van der Waals surface area contributed by atoms with E-state index in [0.29, 0.717) is 0 Å². The lowest BCUT2D eigenvalue weighted by Crippen LogP contribution is -2.28. The van der Waals surface area contributed by atoms with E-state index in [2.05, 4.69) is 43.1 Å². The van der Waals surface area contributed by atoms with E-state index >= 15 is 0 Å². The molecule has 0 heterocycles. The zero-order chi connectivity index (χ0) is 9.97. The van der Waals surface area contributed by atoms with Crippen molar-refractivity contribution >= 4 is 5.69 Å². The minimum absolute atomic E-state index is 0.755. The molecule has 1 aliphatic carbocycles. The summed E-state index contributed by atoms with van der Waals surface area (Å²) in [6.45, 7) is 3.90. The van der Waals surface area contributed by atoms with Crippen molar-refractivity contribution < 1.29 is 0 Å². The second kappa shape index (κ2) is 4.04. The van der Waals surface area contributed by atoms with Gasteiger partial charge in [-0.2, -0.15) is 0 Å². The fraction of sp³-hybridized carbons (Fsp3) is 0.462. The van der Waals surface area contributed by atoms with E-state index in [-0.39, 0.29) is 0 Å². The van der Waals surface area contributed by atoms with Gasteiger partial charge in [0.2, 0.25) is 0 Å². The van der Waals surface area contributed by atoms with Crippen LogP contribution in [0.2, 0.25) is 0 Å². The largest absolute Gasteiger partial charge is 0.372 e. The summed E-state index contributed by atoms with van der Waals surface area (Å²) in [6.07, 6.45) is 5.48. The molecule has 2 rings (SSSR count). The maximum absolute atomic E-state index is 3.90. The van der Waals surface area contributed by atoms with E-state index in [1.165, 1.54) is 31.4 Å². The summed E-state index contributed by atoms with van der Waals surface area (Å²) in [7, 11) is 2.20. The molecular weight excluding hydrogens is 170 g/mol. The number of hydrogen-bond acceptors (Lipinski definition) is 1. The van der Waals surface area contributed by atoms with Gasteiger partial charge >= 0.3 is 0 Å². The lowest BCUT2D eigenvalue weighted by atomic mass is 10.1. The van der Waals surface area contributed by atoms with E-state index in [1.807, 2.05) is 0 Å². The Labute approximate surface area is 86.7 Å². The summed E-state index contributed by atoms with van der Waals surface area (Å²) < 4.78 is 0. The summed E-state index contributed by atoms with van der Waals surface area (Å²) in [4.78, 5) is 2.41. The standard InChI is InChI=1S/C13H18N/c1-11-7-9-13(10-8-11)14(2)12-5-3-4-6-12/h7-10,12H,1,3-6H2,2H3. The third-order valence-electron chi connectivity index (χ3n) is 3.22. The summed E-state index contributed by atoms with van der Waals surface area (Å²) in [5.74, 6) is 0. The van der Waals surface area contributed by atoms with Crippen LogP contribution in [-0.2, 0) is 0 Å². The Morgan fingerprint density at radius 2 is 1.71 bits per heavy atom. The molecule has 0 bridgehead atoms.